The molecule has 5 nitrogen and oxygen atoms in total. The Morgan fingerprint density at radius 2 is 2.31 bits per heavy atom. The van der Waals surface area contributed by atoms with E-state index in [1.165, 1.54) is 0 Å². The molecule has 0 aliphatic carbocycles. The Kier molecular flexibility index (Phi) is 5.39. The van der Waals surface area contributed by atoms with E-state index in [0.717, 1.165) is 37.7 Å². The molecular weight excluding hydrogens is 202 g/mol. The van der Waals surface area contributed by atoms with Gasteiger partial charge in [0.1, 0.15) is 5.82 Å². The number of guanidine groups is 1. The number of rotatable bonds is 5. The molecule has 1 heterocycles. The normalized spacial score (nSPS) is 11.6. The van der Waals surface area contributed by atoms with Crippen molar-refractivity contribution in [2.45, 2.75) is 26.3 Å². The Bertz CT molecular complexity index is 329. The number of nitrogens with zero attached hydrogens (tertiary/aromatic N) is 3. The van der Waals surface area contributed by atoms with Crippen molar-refractivity contribution in [3.8, 4) is 0 Å². The van der Waals surface area contributed by atoms with Crippen LogP contribution in [0.5, 0.6) is 0 Å². The van der Waals surface area contributed by atoms with Gasteiger partial charge >= 0.3 is 0 Å². The summed E-state index contributed by atoms with van der Waals surface area (Å²) in [6.07, 6.45) is 6.13. The van der Waals surface area contributed by atoms with E-state index in [-0.39, 0.29) is 0 Å². The first-order valence-corrected chi connectivity index (χ1v) is 5.64. The molecule has 0 saturated heterocycles. The van der Waals surface area contributed by atoms with Gasteiger partial charge in [-0.2, -0.15) is 0 Å². The van der Waals surface area contributed by atoms with Crippen molar-refractivity contribution in [2.75, 3.05) is 20.6 Å². The summed E-state index contributed by atoms with van der Waals surface area (Å²) < 4.78 is 2.17. The van der Waals surface area contributed by atoms with Gasteiger partial charge in [-0.05, 0) is 19.8 Å². The Hall–Kier alpha value is -1.52. The lowest BCUT2D eigenvalue weighted by molar-refractivity contribution is 0.589. The van der Waals surface area contributed by atoms with Crippen molar-refractivity contribution in [2.24, 2.45) is 4.99 Å². The molecule has 1 aromatic heterocycles. The molecule has 0 unspecified atom stereocenters. The van der Waals surface area contributed by atoms with Crippen LogP contribution >= 0.6 is 0 Å². The van der Waals surface area contributed by atoms with Gasteiger partial charge < -0.3 is 15.2 Å². The highest BCUT2D eigenvalue weighted by Crippen LogP contribution is 1.98. The highest BCUT2D eigenvalue weighted by molar-refractivity contribution is 5.79. The zero-order valence-electron chi connectivity index (χ0n) is 10.3. The van der Waals surface area contributed by atoms with Crippen LogP contribution in [0.15, 0.2) is 17.4 Å². The quantitative estimate of drug-likeness (QED) is 0.440. The van der Waals surface area contributed by atoms with Crippen LogP contribution < -0.4 is 10.6 Å². The standard InChI is InChI=1S/C11H21N5/c1-10-14-7-9-16(10)8-5-4-6-15-11(12-2)13-3/h7,9H,4-6,8H2,1-3H3,(H2,12,13,15). The predicted molar refractivity (Wildman–Crippen MR) is 66.6 cm³/mol. The number of unbranched alkanes of at least 4 members (excludes halogenated alkanes) is 1. The van der Waals surface area contributed by atoms with Crippen LogP contribution in [0, 0.1) is 6.92 Å². The van der Waals surface area contributed by atoms with Crippen molar-refractivity contribution in [3.63, 3.8) is 0 Å². The fourth-order valence-electron chi connectivity index (χ4n) is 1.53. The van der Waals surface area contributed by atoms with Crippen LogP contribution in [0.2, 0.25) is 0 Å². The molecule has 0 bridgehead atoms. The second-order valence-electron chi connectivity index (χ2n) is 3.62. The number of imidazole rings is 1. The first-order chi connectivity index (χ1) is 7.77. The van der Waals surface area contributed by atoms with Crippen molar-refractivity contribution in [3.05, 3.63) is 18.2 Å². The number of nitrogens with one attached hydrogen (secondary N) is 2. The van der Waals surface area contributed by atoms with Gasteiger partial charge in [0.05, 0.1) is 0 Å². The van der Waals surface area contributed by atoms with Gasteiger partial charge in [0.25, 0.3) is 0 Å². The van der Waals surface area contributed by atoms with Crippen LogP contribution in [-0.2, 0) is 6.54 Å². The predicted octanol–water partition coefficient (Wildman–Crippen LogP) is 0.767. The molecule has 0 aliphatic heterocycles. The molecule has 0 radical (unpaired) electrons. The summed E-state index contributed by atoms with van der Waals surface area (Å²) in [5, 5.41) is 6.22. The van der Waals surface area contributed by atoms with E-state index in [1.807, 2.05) is 26.4 Å². The molecule has 90 valence electrons. The topological polar surface area (TPSA) is 54.2 Å². The van der Waals surface area contributed by atoms with Crippen LogP contribution in [0.4, 0.5) is 0 Å². The lowest BCUT2D eigenvalue weighted by Crippen LogP contribution is -2.35. The van der Waals surface area contributed by atoms with E-state index in [1.54, 1.807) is 7.05 Å². The highest BCUT2D eigenvalue weighted by Gasteiger charge is 1.96. The molecule has 0 saturated carbocycles. The highest BCUT2D eigenvalue weighted by atomic mass is 15.1. The summed E-state index contributed by atoms with van der Waals surface area (Å²) in [5.74, 6) is 1.93. The lowest BCUT2D eigenvalue weighted by Gasteiger charge is -2.08. The van der Waals surface area contributed by atoms with E-state index in [2.05, 4.69) is 25.2 Å². The minimum absolute atomic E-state index is 0.846. The second kappa shape index (κ2) is 6.87. The zero-order chi connectivity index (χ0) is 11.8. The maximum Gasteiger partial charge on any atom is 0.190 e. The number of aryl methyl sites for hydroxylation is 2. The Labute approximate surface area is 97.0 Å². The molecule has 0 aliphatic rings. The maximum atomic E-state index is 4.19. The van der Waals surface area contributed by atoms with E-state index in [4.69, 9.17) is 0 Å². The molecular formula is C11H21N5. The Balaban J connectivity index is 2.11. The number of hydrogen-bond donors (Lipinski definition) is 2. The van der Waals surface area contributed by atoms with Gasteiger partial charge in [0, 0.05) is 39.6 Å². The van der Waals surface area contributed by atoms with Crippen LogP contribution in [0.1, 0.15) is 18.7 Å². The zero-order valence-corrected chi connectivity index (χ0v) is 10.3. The first kappa shape index (κ1) is 12.5. The number of aromatic nitrogens is 2. The third-order valence-corrected chi connectivity index (χ3v) is 2.50. The minimum Gasteiger partial charge on any atom is -0.359 e. The first-order valence-electron chi connectivity index (χ1n) is 5.64. The van der Waals surface area contributed by atoms with E-state index in [0.29, 0.717) is 0 Å². The number of hydrogen-bond acceptors (Lipinski definition) is 2. The molecule has 5 heteroatoms. The fourth-order valence-corrected chi connectivity index (χ4v) is 1.53. The van der Waals surface area contributed by atoms with Gasteiger partial charge in [-0.1, -0.05) is 0 Å². The average molecular weight is 223 g/mol. The monoisotopic (exact) mass is 223 g/mol. The molecule has 1 rings (SSSR count). The molecule has 0 spiro atoms. The van der Waals surface area contributed by atoms with Crippen LogP contribution in [0.3, 0.4) is 0 Å². The SMILES string of the molecule is CN=C(NC)NCCCCn1ccnc1C. The summed E-state index contributed by atoms with van der Waals surface area (Å²) in [6.45, 7) is 4.01. The molecule has 0 atom stereocenters. The molecule has 1 aromatic rings. The Morgan fingerprint density at radius 1 is 1.50 bits per heavy atom. The third kappa shape index (κ3) is 3.92. The molecule has 2 N–H and O–H groups in total. The van der Waals surface area contributed by atoms with Gasteiger partial charge in [-0.25, -0.2) is 4.98 Å². The summed E-state index contributed by atoms with van der Waals surface area (Å²) >= 11 is 0. The lowest BCUT2D eigenvalue weighted by atomic mass is 10.3. The summed E-state index contributed by atoms with van der Waals surface area (Å²) in [5.41, 5.74) is 0. The van der Waals surface area contributed by atoms with Crippen molar-refractivity contribution in [1.29, 1.82) is 0 Å². The van der Waals surface area contributed by atoms with E-state index in [9.17, 15) is 0 Å². The maximum absolute atomic E-state index is 4.19. The summed E-state index contributed by atoms with van der Waals surface area (Å²) in [7, 11) is 3.64. The van der Waals surface area contributed by atoms with E-state index >= 15 is 0 Å². The summed E-state index contributed by atoms with van der Waals surface area (Å²) in [6, 6.07) is 0. The average Bonchev–Trinajstić information content (AvgIpc) is 2.70. The van der Waals surface area contributed by atoms with Gasteiger partial charge in [0.2, 0.25) is 0 Å². The smallest absolute Gasteiger partial charge is 0.190 e. The van der Waals surface area contributed by atoms with Crippen LogP contribution in [0.25, 0.3) is 0 Å². The molecule has 0 aromatic carbocycles. The van der Waals surface area contributed by atoms with Crippen molar-refractivity contribution >= 4 is 5.96 Å². The van der Waals surface area contributed by atoms with Gasteiger partial charge in [0.15, 0.2) is 5.96 Å². The van der Waals surface area contributed by atoms with Gasteiger partial charge in [-0.15, -0.1) is 0 Å². The minimum atomic E-state index is 0.846. The Morgan fingerprint density at radius 3 is 2.88 bits per heavy atom. The molecule has 0 amide bonds. The van der Waals surface area contributed by atoms with Crippen molar-refractivity contribution in [1.82, 2.24) is 20.2 Å². The largest absolute Gasteiger partial charge is 0.359 e. The number of aliphatic imine (C=N–C) groups is 1. The van der Waals surface area contributed by atoms with Crippen molar-refractivity contribution < 1.29 is 0 Å². The second-order valence-corrected chi connectivity index (χ2v) is 3.62. The molecule has 0 fully saturated rings. The third-order valence-electron chi connectivity index (χ3n) is 2.50. The van der Waals surface area contributed by atoms with Gasteiger partial charge in [-0.3, -0.25) is 4.99 Å². The van der Waals surface area contributed by atoms with Crippen LogP contribution in [-0.4, -0.2) is 36.2 Å². The summed E-state index contributed by atoms with van der Waals surface area (Å²) in [4.78, 5) is 8.24. The fraction of sp³-hybridized carbons (Fsp3) is 0.636. The van der Waals surface area contributed by atoms with E-state index < -0.39 is 0 Å². The molecule has 16 heavy (non-hydrogen) atoms.